The standard InChI is InChI=1S/C19H24INOS/c1-19(2)12-16(21-10-4-3-5-11-21)18(17(22)13-19)23-15-8-6-14(20)7-9-15/h6-9H,3-5,10-13H2,1-2H3. The number of piperidine rings is 1. The van der Waals surface area contributed by atoms with Crippen molar-refractivity contribution in [2.45, 2.75) is 50.8 Å². The van der Waals surface area contributed by atoms with Crippen LogP contribution in [0.4, 0.5) is 0 Å². The van der Waals surface area contributed by atoms with E-state index >= 15 is 0 Å². The summed E-state index contributed by atoms with van der Waals surface area (Å²) < 4.78 is 1.23. The second-order valence-corrected chi connectivity index (χ2v) is 9.65. The van der Waals surface area contributed by atoms with Crippen molar-refractivity contribution in [2.24, 2.45) is 5.41 Å². The van der Waals surface area contributed by atoms with Gasteiger partial charge in [-0.3, -0.25) is 4.79 Å². The lowest BCUT2D eigenvalue weighted by molar-refractivity contribution is -0.117. The molecular weight excluding hydrogens is 417 g/mol. The molecule has 0 atom stereocenters. The molecule has 0 saturated carbocycles. The number of halogens is 1. The molecule has 0 unspecified atom stereocenters. The fourth-order valence-electron chi connectivity index (χ4n) is 3.43. The van der Waals surface area contributed by atoms with Gasteiger partial charge >= 0.3 is 0 Å². The average molecular weight is 441 g/mol. The molecule has 1 saturated heterocycles. The van der Waals surface area contributed by atoms with Crippen molar-refractivity contribution in [2.75, 3.05) is 13.1 Å². The summed E-state index contributed by atoms with van der Waals surface area (Å²) in [5.74, 6) is 0.324. The van der Waals surface area contributed by atoms with E-state index in [9.17, 15) is 4.79 Å². The Hall–Kier alpha value is -0.490. The molecule has 4 heteroatoms. The van der Waals surface area contributed by atoms with Gasteiger partial charge in [-0.05, 0) is 78.0 Å². The van der Waals surface area contributed by atoms with Gasteiger partial charge in [-0.25, -0.2) is 0 Å². The highest BCUT2D eigenvalue weighted by molar-refractivity contribution is 14.1. The molecule has 1 heterocycles. The van der Waals surface area contributed by atoms with Crippen molar-refractivity contribution in [3.05, 3.63) is 38.4 Å². The smallest absolute Gasteiger partial charge is 0.171 e. The Labute approximate surface area is 157 Å². The summed E-state index contributed by atoms with van der Waals surface area (Å²) in [5.41, 5.74) is 1.38. The summed E-state index contributed by atoms with van der Waals surface area (Å²) in [5, 5.41) is 0. The molecule has 0 spiro atoms. The molecule has 1 aromatic carbocycles. The van der Waals surface area contributed by atoms with Crippen LogP contribution in [0.2, 0.25) is 0 Å². The molecule has 2 nitrogen and oxygen atoms in total. The molecule has 1 fully saturated rings. The Morgan fingerprint density at radius 1 is 1.04 bits per heavy atom. The first-order valence-electron chi connectivity index (χ1n) is 8.39. The maximum absolute atomic E-state index is 12.8. The molecule has 1 aliphatic carbocycles. The molecule has 1 aromatic rings. The van der Waals surface area contributed by atoms with Crippen molar-refractivity contribution in [1.29, 1.82) is 0 Å². The van der Waals surface area contributed by atoms with Crippen LogP contribution in [0.15, 0.2) is 39.8 Å². The molecular formula is C19H24INOS. The van der Waals surface area contributed by atoms with Gasteiger partial charge in [0.05, 0.1) is 4.91 Å². The Balaban J connectivity index is 1.93. The first kappa shape index (κ1) is 17.3. The van der Waals surface area contributed by atoms with Crippen LogP contribution >= 0.6 is 34.4 Å². The summed E-state index contributed by atoms with van der Waals surface area (Å²) in [4.78, 5) is 17.5. The third-order valence-electron chi connectivity index (χ3n) is 4.57. The molecule has 0 radical (unpaired) electrons. The summed E-state index contributed by atoms with van der Waals surface area (Å²) in [6, 6.07) is 8.48. The van der Waals surface area contributed by atoms with E-state index in [1.807, 2.05) is 0 Å². The second kappa shape index (κ2) is 7.18. The minimum Gasteiger partial charge on any atom is -0.374 e. The van der Waals surface area contributed by atoms with Gasteiger partial charge in [-0.1, -0.05) is 25.6 Å². The van der Waals surface area contributed by atoms with Gasteiger partial charge in [-0.15, -0.1) is 0 Å². The number of thioether (sulfide) groups is 1. The van der Waals surface area contributed by atoms with Crippen molar-refractivity contribution in [1.82, 2.24) is 4.90 Å². The van der Waals surface area contributed by atoms with Crippen LogP contribution in [-0.4, -0.2) is 23.8 Å². The molecule has 1 aliphatic heterocycles. The first-order chi connectivity index (χ1) is 10.9. The fourth-order valence-corrected chi connectivity index (χ4v) is 4.80. The Morgan fingerprint density at radius 2 is 1.70 bits per heavy atom. The zero-order valence-corrected chi connectivity index (χ0v) is 16.9. The van der Waals surface area contributed by atoms with Crippen molar-refractivity contribution in [3.8, 4) is 0 Å². The van der Waals surface area contributed by atoms with E-state index in [0.717, 1.165) is 24.4 Å². The molecule has 0 bridgehead atoms. The summed E-state index contributed by atoms with van der Waals surface area (Å²) in [6.07, 6.45) is 5.50. The van der Waals surface area contributed by atoms with Crippen LogP contribution in [0.25, 0.3) is 0 Å². The van der Waals surface area contributed by atoms with Crippen LogP contribution in [0.5, 0.6) is 0 Å². The van der Waals surface area contributed by atoms with Crippen molar-refractivity contribution >= 4 is 40.1 Å². The summed E-state index contributed by atoms with van der Waals surface area (Å²) in [6.45, 7) is 6.66. The zero-order chi connectivity index (χ0) is 16.4. The minimum absolute atomic E-state index is 0.0833. The number of allylic oxidation sites excluding steroid dienone is 2. The number of nitrogens with zero attached hydrogens (tertiary/aromatic N) is 1. The van der Waals surface area contributed by atoms with Crippen LogP contribution in [-0.2, 0) is 4.79 Å². The molecule has 3 rings (SSSR count). The van der Waals surface area contributed by atoms with E-state index < -0.39 is 0 Å². The number of hydrogen-bond donors (Lipinski definition) is 0. The Kier molecular flexibility index (Phi) is 5.41. The van der Waals surface area contributed by atoms with Crippen LogP contribution in [0, 0.1) is 8.99 Å². The molecule has 0 amide bonds. The van der Waals surface area contributed by atoms with E-state index in [4.69, 9.17) is 0 Å². The zero-order valence-electron chi connectivity index (χ0n) is 13.9. The Bertz CT molecular complexity index is 615. The van der Waals surface area contributed by atoms with Gasteiger partial charge in [-0.2, -0.15) is 0 Å². The predicted molar refractivity (Wildman–Crippen MR) is 105 cm³/mol. The van der Waals surface area contributed by atoms with Crippen LogP contribution < -0.4 is 0 Å². The van der Waals surface area contributed by atoms with Gasteiger partial charge in [0.25, 0.3) is 0 Å². The SMILES string of the molecule is CC1(C)CC(=O)C(Sc2ccc(I)cc2)=C(N2CCCCC2)C1. The number of carbonyl (C=O) groups is 1. The lowest BCUT2D eigenvalue weighted by Gasteiger charge is -2.39. The number of likely N-dealkylation sites (tertiary alicyclic amines) is 1. The third kappa shape index (κ3) is 4.32. The van der Waals surface area contributed by atoms with E-state index in [0.29, 0.717) is 12.2 Å². The van der Waals surface area contributed by atoms with Crippen molar-refractivity contribution < 1.29 is 4.79 Å². The number of carbonyl (C=O) groups excluding carboxylic acids is 1. The highest BCUT2D eigenvalue weighted by Crippen LogP contribution is 2.44. The topological polar surface area (TPSA) is 20.3 Å². The minimum atomic E-state index is 0.0833. The van der Waals surface area contributed by atoms with Gasteiger partial charge in [0.2, 0.25) is 0 Å². The molecule has 23 heavy (non-hydrogen) atoms. The third-order valence-corrected chi connectivity index (χ3v) is 6.47. The molecule has 0 aromatic heterocycles. The Morgan fingerprint density at radius 3 is 2.35 bits per heavy atom. The number of ketones is 1. The lowest BCUT2D eigenvalue weighted by Crippen LogP contribution is -2.36. The van der Waals surface area contributed by atoms with E-state index in [1.165, 1.54) is 33.4 Å². The summed E-state index contributed by atoms with van der Waals surface area (Å²) in [7, 11) is 0. The highest BCUT2D eigenvalue weighted by Gasteiger charge is 2.35. The van der Waals surface area contributed by atoms with E-state index in [-0.39, 0.29) is 5.41 Å². The number of Topliss-reactive ketones (excluding diaryl/α,β-unsaturated/α-hetero) is 1. The van der Waals surface area contributed by atoms with E-state index in [1.54, 1.807) is 11.8 Å². The lowest BCUT2D eigenvalue weighted by atomic mass is 9.78. The van der Waals surface area contributed by atoms with Crippen LogP contribution in [0.3, 0.4) is 0 Å². The first-order valence-corrected chi connectivity index (χ1v) is 10.3. The van der Waals surface area contributed by atoms with Crippen LogP contribution in [0.1, 0.15) is 46.0 Å². The van der Waals surface area contributed by atoms with Gasteiger partial charge in [0, 0.05) is 33.7 Å². The van der Waals surface area contributed by atoms with Gasteiger partial charge < -0.3 is 4.90 Å². The number of hydrogen-bond acceptors (Lipinski definition) is 3. The predicted octanol–water partition coefficient (Wildman–Crippen LogP) is 5.47. The maximum Gasteiger partial charge on any atom is 0.171 e. The second-order valence-electron chi connectivity index (χ2n) is 7.32. The number of rotatable bonds is 3. The molecule has 0 N–H and O–H groups in total. The monoisotopic (exact) mass is 441 g/mol. The summed E-state index contributed by atoms with van der Waals surface area (Å²) >= 11 is 3.99. The van der Waals surface area contributed by atoms with Gasteiger partial charge in [0.15, 0.2) is 5.78 Å². The number of benzene rings is 1. The quantitative estimate of drug-likeness (QED) is 0.581. The maximum atomic E-state index is 12.8. The van der Waals surface area contributed by atoms with E-state index in [2.05, 4.69) is 65.6 Å². The molecule has 124 valence electrons. The van der Waals surface area contributed by atoms with Crippen molar-refractivity contribution in [3.63, 3.8) is 0 Å². The van der Waals surface area contributed by atoms with Gasteiger partial charge in [0.1, 0.15) is 0 Å². The average Bonchev–Trinajstić information content (AvgIpc) is 2.52. The fraction of sp³-hybridized carbons (Fsp3) is 0.526. The normalized spacial score (nSPS) is 21.7. The largest absolute Gasteiger partial charge is 0.374 e. The molecule has 2 aliphatic rings. The highest BCUT2D eigenvalue weighted by atomic mass is 127.